The van der Waals surface area contributed by atoms with Crippen LogP contribution in [0.3, 0.4) is 0 Å². The van der Waals surface area contributed by atoms with Gasteiger partial charge in [0.1, 0.15) is 0 Å². The highest BCUT2D eigenvalue weighted by molar-refractivity contribution is 6.31. The highest BCUT2D eigenvalue weighted by atomic mass is 35.5. The first kappa shape index (κ1) is 7.56. The van der Waals surface area contributed by atoms with Gasteiger partial charge in [0.15, 0.2) is 0 Å². The molecule has 2 aromatic rings. The molecule has 1 aromatic carbocycles. The van der Waals surface area contributed by atoms with E-state index in [9.17, 15) is 0 Å². The van der Waals surface area contributed by atoms with Gasteiger partial charge < -0.3 is 0 Å². The van der Waals surface area contributed by atoms with Crippen LogP contribution in [0.4, 0.5) is 0 Å². The Labute approximate surface area is 76.0 Å². The molecule has 0 radical (unpaired) electrons. The number of pyridine rings is 1. The number of nitrogens with zero attached hydrogens (tertiary/aromatic N) is 1. The van der Waals surface area contributed by atoms with Crippen LogP contribution in [-0.4, -0.2) is 4.98 Å². The van der Waals surface area contributed by atoms with E-state index in [2.05, 4.69) is 4.98 Å². The number of benzene rings is 1. The van der Waals surface area contributed by atoms with Gasteiger partial charge in [-0.1, -0.05) is 17.7 Å². The molecule has 2 rings (SSSR count). The number of hydrogen-bond acceptors (Lipinski definition) is 1. The maximum Gasteiger partial charge on any atom is 0.0412 e. The van der Waals surface area contributed by atoms with Gasteiger partial charge >= 0.3 is 0 Å². The van der Waals surface area contributed by atoms with Crippen molar-refractivity contribution in [3.8, 4) is 0 Å². The van der Waals surface area contributed by atoms with Crippen molar-refractivity contribution in [2.45, 2.75) is 6.92 Å². The summed E-state index contributed by atoms with van der Waals surface area (Å²) in [5, 5.41) is 3.04. The van der Waals surface area contributed by atoms with Crippen LogP contribution in [0.25, 0.3) is 10.8 Å². The summed E-state index contributed by atoms with van der Waals surface area (Å²) >= 11 is 5.83. The SMILES string of the molecule is Cc1cc2ccc(Cl)cc2cn1. The molecule has 0 N–H and O–H groups in total. The molecule has 1 aromatic heterocycles. The van der Waals surface area contributed by atoms with Gasteiger partial charge in [0.05, 0.1) is 0 Å². The Morgan fingerprint density at radius 1 is 1.17 bits per heavy atom. The van der Waals surface area contributed by atoms with E-state index in [4.69, 9.17) is 11.6 Å². The van der Waals surface area contributed by atoms with Crippen molar-refractivity contribution < 1.29 is 0 Å². The molecule has 12 heavy (non-hydrogen) atoms. The third kappa shape index (κ3) is 1.28. The van der Waals surface area contributed by atoms with Gasteiger partial charge in [-0.2, -0.15) is 0 Å². The Hall–Kier alpha value is -1.08. The molecule has 0 aliphatic rings. The summed E-state index contributed by atoms with van der Waals surface area (Å²) in [5.74, 6) is 0. The molecular weight excluding hydrogens is 170 g/mol. The van der Waals surface area contributed by atoms with Gasteiger partial charge in [0, 0.05) is 22.3 Å². The molecule has 2 heteroatoms. The van der Waals surface area contributed by atoms with E-state index < -0.39 is 0 Å². The molecule has 0 spiro atoms. The van der Waals surface area contributed by atoms with Crippen molar-refractivity contribution in [1.82, 2.24) is 4.98 Å². The van der Waals surface area contributed by atoms with Crippen LogP contribution in [0.15, 0.2) is 30.5 Å². The molecule has 0 atom stereocenters. The number of aryl methyl sites for hydroxylation is 1. The number of fused-ring (bicyclic) bond motifs is 1. The van der Waals surface area contributed by atoms with Crippen LogP contribution < -0.4 is 0 Å². The average molecular weight is 178 g/mol. The number of hydrogen-bond donors (Lipinski definition) is 0. The predicted octanol–water partition coefficient (Wildman–Crippen LogP) is 3.20. The second kappa shape index (κ2) is 2.76. The van der Waals surface area contributed by atoms with Crippen molar-refractivity contribution in [2.75, 3.05) is 0 Å². The molecule has 1 nitrogen and oxygen atoms in total. The standard InChI is InChI=1S/C10H8ClN/c1-7-4-8-2-3-10(11)5-9(8)6-12-7/h2-6H,1H3. The van der Waals surface area contributed by atoms with Crippen LogP contribution in [0, 0.1) is 6.92 Å². The minimum absolute atomic E-state index is 0.758. The second-order valence-electron chi connectivity index (χ2n) is 2.82. The van der Waals surface area contributed by atoms with Crippen molar-refractivity contribution in [1.29, 1.82) is 0 Å². The first-order chi connectivity index (χ1) is 5.75. The van der Waals surface area contributed by atoms with E-state index in [1.807, 2.05) is 37.4 Å². The normalized spacial score (nSPS) is 10.5. The zero-order chi connectivity index (χ0) is 8.55. The summed E-state index contributed by atoms with van der Waals surface area (Å²) in [6, 6.07) is 7.87. The van der Waals surface area contributed by atoms with Crippen molar-refractivity contribution in [2.24, 2.45) is 0 Å². The van der Waals surface area contributed by atoms with Gasteiger partial charge in [-0.15, -0.1) is 0 Å². The van der Waals surface area contributed by atoms with Crippen LogP contribution >= 0.6 is 11.6 Å². The van der Waals surface area contributed by atoms with E-state index in [1.165, 1.54) is 5.39 Å². The monoisotopic (exact) mass is 177 g/mol. The second-order valence-corrected chi connectivity index (χ2v) is 3.25. The summed E-state index contributed by atoms with van der Waals surface area (Å²) in [5.41, 5.74) is 1.03. The molecule has 0 saturated heterocycles. The maximum absolute atomic E-state index is 5.83. The Morgan fingerprint density at radius 3 is 2.83 bits per heavy atom. The van der Waals surface area contributed by atoms with E-state index >= 15 is 0 Å². The van der Waals surface area contributed by atoms with E-state index in [-0.39, 0.29) is 0 Å². The topological polar surface area (TPSA) is 12.9 Å². The zero-order valence-electron chi connectivity index (χ0n) is 6.71. The van der Waals surface area contributed by atoms with Gasteiger partial charge in [0.2, 0.25) is 0 Å². The van der Waals surface area contributed by atoms with Gasteiger partial charge in [-0.3, -0.25) is 4.98 Å². The van der Waals surface area contributed by atoms with Gasteiger partial charge in [0.25, 0.3) is 0 Å². The predicted molar refractivity (Wildman–Crippen MR) is 51.5 cm³/mol. The highest BCUT2D eigenvalue weighted by Gasteiger charge is 1.94. The summed E-state index contributed by atoms with van der Waals surface area (Å²) in [6.45, 7) is 1.98. The molecule has 0 bridgehead atoms. The number of rotatable bonds is 0. The molecule has 1 heterocycles. The Bertz CT molecular complexity index is 382. The van der Waals surface area contributed by atoms with Gasteiger partial charge in [-0.25, -0.2) is 0 Å². The molecule has 0 aliphatic heterocycles. The Morgan fingerprint density at radius 2 is 2.00 bits per heavy atom. The largest absolute Gasteiger partial charge is 0.261 e. The first-order valence-electron chi connectivity index (χ1n) is 3.77. The summed E-state index contributed by atoms with van der Waals surface area (Å²) in [4.78, 5) is 4.19. The fraction of sp³-hybridized carbons (Fsp3) is 0.100. The summed E-state index contributed by atoms with van der Waals surface area (Å²) in [6.07, 6.45) is 1.84. The quantitative estimate of drug-likeness (QED) is 0.602. The zero-order valence-corrected chi connectivity index (χ0v) is 7.47. The van der Waals surface area contributed by atoms with Gasteiger partial charge in [-0.05, 0) is 30.5 Å². The van der Waals surface area contributed by atoms with Crippen LogP contribution in [0.1, 0.15) is 5.69 Å². The minimum atomic E-state index is 0.758. The van der Waals surface area contributed by atoms with Crippen molar-refractivity contribution in [3.05, 3.63) is 41.2 Å². The third-order valence-electron chi connectivity index (χ3n) is 1.82. The van der Waals surface area contributed by atoms with E-state index in [0.717, 1.165) is 16.1 Å². The molecule has 0 fully saturated rings. The molecule has 0 saturated carbocycles. The third-order valence-corrected chi connectivity index (χ3v) is 2.06. The average Bonchev–Trinajstić information content (AvgIpc) is 2.05. The van der Waals surface area contributed by atoms with Crippen molar-refractivity contribution >= 4 is 22.4 Å². The summed E-state index contributed by atoms with van der Waals surface area (Å²) < 4.78 is 0. The molecule has 60 valence electrons. The molecule has 0 aliphatic carbocycles. The smallest absolute Gasteiger partial charge is 0.0412 e. The molecule has 0 amide bonds. The molecule has 0 unspecified atom stereocenters. The van der Waals surface area contributed by atoms with Crippen LogP contribution in [0.2, 0.25) is 5.02 Å². The lowest BCUT2D eigenvalue weighted by atomic mass is 10.1. The van der Waals surface area contributed by atoms with E-state index in [0.29, 0.717) is 0 Å². The van der Waals surface area contributed by atoms with E-state index in [1.54, 1.807) is 0 Å². The summed E-state index contributed by atoms with van der Waals surface area (Å²) in [7, 11) is 0. The van der Waals surface area contributed by atoms with Crippen molar-refractivity contribution in [3.63, 3.8) is 0 Å². The Balaban J connectivity index is 2.79. The lowest BCUT2D eigenvalue weighted by Gasteiger charge is -1.98. The highest BCUT2D eigenvalue weighted by Crippen LogP contribution is 2.18. The van der Waals surface area contributed by atoms with Crippen LogP contribution in [0.5, 0.6) is 0 Å². The minimum Gasteiger partial charge on any atom is -0.261 e. The lowest BCUT2D eigenvalue weighted by molar-refractivity contribution is 1.22. The van der Waals surface area contributed by atoms with Crippen LogP contribution in [-0.2, 0) is 0 Å². The Kier molecular flexibility index (Phi) is 1.74. The lowest BCUT2D eigenvalue weighted by Crippen LogP contribution is -1.80. The fourth-order valence-electron chi connectivity index (χ4n) is 1.22. The number of halogens is 1. The maximum atomic E-state index is 5.83. The number of aromatic nitrogens is 1. The fourth-order valence-corrected chi connectivity index (χ4v) is 1.40. The first-order valence-corrected chi connectivity index (χ1v) is 4.15. The molecular formula is C10H8ClN.